The summed E-state index contributed by atoms with van der Waals surface area (Å²) in [5.74, 6) is 0.528. The van der Waals surface area contributed by atoms with Crippen molar-refractivity contribution in [2.24, 2.45) is 0 Å². The summed E-state index contributed by atoms with van der Waals surface area (Å²) >= 11 is 0. The first-order valence-corrected chi connectivity index (χ1v) is 6.30. The van der Waals surface area contributed by atoms with Crippen LogP contribution in [0, 0.1) is 6.92 Å². The Bertz CT molecular complexity index is 379. The molecule has 1 atom stereocenters. The maximum atomic E-state index is 6.17. The molecule has 0 fully saturated rings. The Morgan fingerprint density at radius 1 is 1.19 bits per heavy atom. The standard InChI is InChI=1S/C15H21N/c1-12-8-7-11-14(15(12)16)13-9-5-3-2-4-6-10-13/h5,7-9,11,13H,2-4,6,10,16H2,1H3/b9-5-. The Morgan fingerprint density at radius 2 is 2.06 bits per heavy atom. The van der Waals surface area contributed by atoms with Crippen LogP contribution in [-0.4, -0.2) is 0 Å². The lowest BCUT2D eigenvalue weighted by Crippen LogP contribution is -2.03. The minimum absolute atomic E-state index is 0.528. The SMILES string of the molecule is Cc1cccc(C2/C=C\CCCCC2)c1N. The molecule has 0 heterocycles. The zero-order valence-corrected chi connectivity index (χ0v) is 10.1. The number of nitrogens with two attached hydrogens (primary N) is 1. The quantitative estimate of drug-likeness (QED) is 0.552. The predicted octanol–water partition coefficient (Wildman–Crippen LogP) is 4.18. The van der Waals surface area contributed by atoms with Gasteiger partial charge in [-0.1, -0.05) is 43.2 Å². The highest BCUT2D eigenvalue weighted by Crippen LogP contribution is 2.31. The van der Waals surface area contributed by atoms with Gasteiger partial charge in [-0.05, 0) is 37.3 Å². The summed E-state index contributed by atoms with van der Waals surface area (Å²) in [6.45, 7) is 2.09. The lowest BCUT2D eigenvalue weighted by molar-refractivity contribution is 0.598. The predicted molar refractivity (Wildman–Crippen MR) is 70.6 cm³/mol. The van der Waals surface area contributed by atoms with Crippen molar-refractivity contribution in [1.82, 2.24) is 0 Å². The highest BCUT2D eigenvalue weighted by molar-refractivity contribution is 5.55. The van der Waals surface area contributed by atoms with Crippen LogP contribution < -0.4 is 5.73 Å². The van der Waals surface area contributed by atoms with Crippen LogP contribution in [0.5, 0.6) is 0 Å². The van der Waals surface area contributed by atoms with Crippen molar-refractivity contribution < 1.29 is 0 Å². The van der Waals surface area contributed by atoms with Crippen LogP contribution in [0.1, 0.15) is 49.1 Å². The van der Waals surface area contributed by atoms with Crippen LogP contribution in [-0.2, 0) is 0 Å². The second-order valence-electron chi connectivity index (χ2n) is 4.75. The molecule has 1 aliphatic carbocycles. The summed E-state index contributed by atoms with van der Waals surface area (Å²) in [4.78, 5) is 0. The van der Waals surface area contributed by atoms with Crippen molar-refractivity contribution >= 4 is 5.69 Å². The molecule has 2 rings (SSSR count). The first kappa shape index (κ1) is 11.3. The van der Waals surface area contributed by atoms with E-state index in [2.05, 4.69) is 37.3 Å². The second kappa shape index (κ2) is 5.20. The first-order chi connectivity index (χ1) is 7.79. The van der Waals surface area contributed by atoms with Gasteiger partial charge in [0, 0.05) is 11.6 Å². The minimum Gasteiger partial charge on any atom is -0.398 e. The highest BCUT2D eigenvalue weighted by atomic mass is 14.6. The largest absolute Gasteiger partial charge is 0.398 e. The van der Waals surface area contributed by atoms with Crippen molar-refractivity contribution in [3.05, 3.63) is 41.5 Å². The van der Waals surface area contributed by atoms with Crippen molar-refractivity contribution in [2.75, 3.05) is 5.73 Å². The molecule has 0 saturated heterocycles. The van der Waals surface area contributed by atoms with Crippen LogP contribution in [0.25, 0.3) is 0 Å². The molecule has 0 aromatic heterocycles. The number of para-hydroxylation sites is 1. The molecule has 0 bridgehead atoms. The third-order valence-corrected chi connectivity index (χ3v) is 3.51. The molecular formula is C15H21N. The number of rotatable bonds is 1. The number of hydrogen-bond acceptors (Lipinski definition) is 1. The first-order valence-electron chi connectivity index (χ1n) is 6.30. The Kier molecular flexibility index (Phi) is 3.66. The van der Waals surface area contributed by atoms with E-state index >= 15 is 0 Å². The molecule has 1 aromatic rings. The van der Waals surface area contributed by atoms with Gasteiger partial charge in [-0.2, -0.15) is 0 Å². The van der Waals surface area contributed by atoms with Gasteiger partial charge in [0.2, 0.25) is 0 Å². The fourth-order valence-corrected chi connectivity index (χ4v) is 2.45. The normalized spacial score (nSPS) is 23.4. The van der Waals surface area contributed by atoms with Gasteiger partial charge in [-0.25, -0.2) is 0 Å². The van der Waals surface area contributed by atoms with E-state index in [0.717, 1.165) is 5.69 Å². The van der Waals surface area contributed by atoms with E-state index in [4.69, 9.17) is 5.73 Å². The minimum atomic E-state index is 0.528. The Balaban J connectivity index is 2.27. The van der Waals surface area contributed by atoms with Gasteiger partial charge in [0.05, 0.1) is 0 Å². The highest BCUT2D eigenvalue weighted by Gasteiger charge is 2.13. The van der Waals surface area contributed by atoms with Crippen molar-refractivity contribution in [2.45, 2.75) is 44.9 Å². The summed E-state index contributed by atoms with van der Waals surface area (Å²) in [5.41, 5.74) is 9.67. The van der Waals surface area contributed by atoms with Crippen LogP contribution in [0.3, 0.4) is 0 Å². The smallest absolute Gasteiger partial charge is 0.0382 e. The van der Waals surface area contributed by atoms with E-state index in [-0.39, 0.29) is 0 Å². The number of allylic oxidation sites excluding steroid dienone is 2. The average molecular weight is 215 g/mol. The summed E-state index contributed by atoms with van der Waals surface area (Å²) in [6.07, 6.45) is 11.2. The van der Waals surface area contributed by atoms with E-state index in [9.17, 15) is 0 Å². The Hall–Kier alpha value is -1.24. The molecule has 0 saturated carbocycles. The number of hydrogen-bond donors (Lipinski definition) is 1. The van der Waals surface area contributed by atoms with Gasteiger partial charge in [-0.15, -0.1) is 0 Å². The van der Waals surface area contributed by atoms with Crippen molar-refractivity contribution in [3.63, 3.8) is 0 Å². The Morgan fingerprint density at radius 3 is 2.94 bits per heavy atom. The molecule has 16 heavy (non-hydrogen) atoms. The average Bonchev–Trinajstić information content (AvgIpc) is 2.23. The van der Waals surface area contributed by atoms with Crippen molar-refractivity contribution in [3.8, 4) is 0 Å². The van der Waals surface area contributed by atoms with Gasteiger partial charge in [0.1, 0.15) is 0 Å². The molecule has 2 N–H and O–H groups in total. The van der Waals surface area contributed by atoms with Crippen LogP contribution in [0.4, 0.5) is 5.69 Å². The van der Waals surface area contributed by atoms with E-state index < -0.39 is 0 Å². The molecule has 0 aliphatic heterocycles. The third kappa shape index (κ3) is 2.46. The number of benzene rings is 1. The molecule has 1 unspecified atom stereocenters. The fraction of sp³-hybridized carbons (Fsp3) is 0.467. The van der Waals surface area contributed by atoms with E-state index in [1.807, 2.05) is 0 Å². The molecule has 0 amide bonds. The molecule has 0 radical (unpaired) electrons. The molecule has 1 heteroatoms. The fourth-order valence-electron chi connectivity index (χ4n) is 2.45. The molecule has 86 valence electrons. The van der Waals surface area contributed by atoms with Crippen LogP contribution in [0.15, 0.2) is 30.4 Å². The lowest BCUT2D eigenvalue weighted by atomic mass is 9.88. The number of nitrogen functional groups attached to an aromatic ring is 1. The second-order valence-corrected chi connectivity index (χ2v) is 4.75. The van der Waals surface area contributed by atoms with Gasteiger partial charge >= 0.3 is 0 Å². The van der Waals surface area contributed by atoms with E-state index in [1.165, 1.54) is 43.2 Å². The van der Waals surface area contributed by atoms with Gasteiger partial charge in [0.15, 0.2) is 0 Å². The maximum Gasteiger partial charge on any atom is 0.0382 e. The van der Waals surface area contributed by atoms with Gasteiger partial charge in [0.25, 0.3) is 0 Å². The summed E-state index contributed by atoms with van der Waals surface area (Å²) in [6, 6.07) is 6.39. The number of anilines is 1. The zero-order chi connectivity index (χ0) is 11.4. The molecule has 1 aliphatic rings. The summed E-state index contributed by atoms with van der Waals surface area (Å²) in [5, 5.41) is 0. The van der Waals surface area contributed by atoms with Gasteiger partial charge < -0.3 is 5.73 Å². The topological polar surface area (TPSA) is 26.0 Å². The van der Waals surface area contributed by atoms with E-state index in [0.29, 0.717) is 5.92 Å². The van der Waals surface area contributed by atoms with Crippen LogP contribution in [0.2, 0.25) is 0 Å². The van der Waals surface area contributed by atoms with Gasteiger partial charge in [-0.3, -0.25) is 0 Å². The van der Waals surface area contributed by atoms with Crippen LogP contribution >= 0.6 is 0 Å². The molecule has 1 aromatic carbocycles. The molecule has 1 nitrogen and oxygen atoms in total. The summed E-state index contributed by atoms with van der Waals surface area (Å²) < 4.78 is 0. The third-order valence-electron chi connectivity index (χ3n) is 3.51. The zero-order valence-electron chi connectivity index (χ0n) is 10.1. The maximum absolute atomic E-state index is 6.17. The number of aryl methyl sites for hydroxylation is 1. The van der Waals surface area contributed by atoms with Crippen molar-refractivity contribution in [1.29, 1.82) is 0 Å². The lowest BCUT2D eigenvalue weighted by Gasteiger charge is -2.18. The molecular weight excluding hydrogens is 194 g/mol. The van der Waals surface area contributed by atoms with E-state index in [1.54, 1.807) is 0 Å². The Labute approximate surface area is 98.4 Å². The molecule has 0 spiro atoms. The monoisotopic (exact) mass is 215 g/mol. The summed E-state index contributed by atoms with van der Waals surface area (Å²) in [7, 11) is 0.